The van der Waals surface area contributed by atoms with Crippen LogP contribution in [0.25, 0.3) is 0 Å². The molecule has 0 saturated carbocycles. The molecule has 0 heterocycles. The van der Waals surface area contributed by atoms with E-state index in [0.29, 0.717) is 6.54 Å². The van der Waals surface area contributed by atoms with Gasteiger partial charge in [-0.25, -0.2) is 0 Å². The Morgan fingerprint density at radius 2 is 1.94 bits per heavy atom. The van der Waals surface area contributed by atoms with Crippen molar-refractivity contribution in [2.24, 2.45) is 0 Å². The molecule has 0 aliphatic carbocycles. The first-order valence-electron chi connectivity index (χ1n) is 5.79. The van der Waals surface area contributed by atoms with Crippen molar-refractivity contribution in [1.82, 2.24) is 0 Å². The van der Waals surface area contributed by atoms with E-state index in [1.165, 1.54) is 0 Å². The van der Waals surface area contributed by atoms with Crippen LogP contribution in [0, 0.1) is 6.92 Å². The zero-order valence-electron chi connectivity index (χ0n) is 10.1. The number of benzene rings is 1. The molecule has 0 bridgehead atoms. The smallest absolute Gasteiger partial charge is 0.0681 e. The van der Waals surface area contributed by atoms with Crippen molar-refractivity contribution in [2.45, 2.75) is 26.9 Å². The zero-order valence-corrected chi connectivity index (χ0v) is 10.1. The predicted molar refractivity (Wildman–Crippen MR) is 66.7 cm³/mol. The molecule has 90 valence electrons. The SMILES string of the molecule is CCCN(CCO)c1ccc(CO)cc1C. The van der Waals surface area contributed by atoms with Gasteiger partial charge in [0.15, 0.2) is 0 Å². The first-order chi connectivity index (χ1) is 7.72. The van der Waals surface area contributed by atoms with Crippen LogP contribution >= 0.6 is 0 Å². The van der Waals surface area contributed by atoms with Gasteiger partial charge in [0, 0.05) is 18.8 Å². The molecular formula is C13H21NO2. The van der Waals surface area contributed by atoms with E-state index >= 15 is 0 Å². The van der Waals surface area contributed by atoms with E-state index < -0.39 is 0 Å². The van der Waals surface area contributed by atoms with E-state index in [1.54, 1.807) is 0 Å². The van der Waals surface area contributed by atoms with E-state index in [9.17, 15) is 0 Å². The average molecular weight is 223 g/mol. The van der Waals surface area contributed by atoms with Crippen molar-refractivity contribution in [1.29, 1.82) is 0 Å². The lowest BCUT2D eigenvalue weighted by Gasteiger charge is -2.25. The van der Waals surface area contributed by atoms with Crippen molar-refractivity contribution in [2.75, 3.05) is 24.6 Å². The van der Waals surface area contributed by atoms with Crippen molar-refractivity contribution in [3.63, 3.8) is 0 Å². The molecule has 0 atom stereocenters. The second-order valence-corrected chi connectivity index (χ2v) is 3.99. The molecular weight excluding hydrogens is 202 g/mol. The van der Waals surface area contributed by atoms with E-state index in [0.717, 1.165) is 29.8 Å². The van der Waals surface area contributed by atoms with Gasteiger partial charge in [0.2, 0.25) is 0 Å². The molecule has 16 heavy (non-hydrogen) atoms. The Hall–Kier alpha value is -1.06. The van der Waals surface area contributed by atoms with Gasteiger partial charge in [0.05, 0.1) is 13.2 Å². The third-order valence-electron chi connectivity index (χ3n) is 2.65. The number of rotatable bonds is 6. The molecule has 0 amide bonds. The van der Waals surface area contributed by atoms with E-state index in [1.807, 2.05) is 25.1 Å². The first kappa shape index (κ1) is 13.0. The van der Waals surface area contributed by atoms with E-state index in [2.05, 4.69) is 11.8 Å². The van der Waals surface area contributed by atoms with Crippen LogP contribution in [0.1, 0.15) is 24.5 Å². The number of aliphatic hydroxyl groups excluding tert-OH is 2. The minimum Gasteiger partial charge on any atom is -0.395 e. The highest BCUT2D eigenvalue weighted by atomic mass is 16.3. The first-order valence-corrected chi connectivity index (χ1v) is 5.79. The lowest BCUT2D eigenvalue weighted by molar-refractivity contribution is 0.281. The van der Waals surface area contributed by atoms with Crippen molar-refractivity contribution >= 4 is 5.69 Å². The van der Waals surface area contributed by atoms with Crippen LogP contribution in [0.3, 0.4) is 0 Å². The third kappa shape index (κ3) is 3.22. The number of hydrogen-bond acceptors (Lipinski definition) is 3. The Morgan fingerprint density at radius 1 is 1.19 bits per heavy atom. The molecule has 1 rings (SSSR count). The summed E-state index contributed by atoms with van der Waals surface area (Å²) in [6.45, 7) is 6.01. The summed E-state index contributed by atoms with van der Waals surface area (Å²) in [5.41, 5.74) is 3.23. The zero-order chi connectivity index (χ0) is 12.0. The van der Waals surface area contributed by atoms with Gasteiger partial charge >= 0.3 is 0 Å². The van der Waals surface area contributed by atoms with Crippen LogP contribution in [0.4, 0.5) is 5.69 Å². The fraction of sp³-hybridized carbons (Fsp3) is 0.538. The molecule has 0 fully saturated rings. The van der Waals surface area contributed by atoms with Gasteiger partial charge in [0.25, 0.3) is 0 Å². The fourth-order valence-electron chi connectivity index (χ4n) is 1.91. The van der Waals surface area contributed by atoms with Gasteiger partial charge in [0.1, 0.15) is 0 Å². The Morgan fingerprint density at radius 3 is 2.44 bits per heavy atom. The molecule has 0 unspecified atom stereocenters. The van der Waals surface area contributed by atoms with Crippen molar-refractivity contribution in [3.05, 3.63) is 29.3 Å². The van der Waals surface area contributed by atoms with E-state index in [-0.39, 0.29) is 13.2 Å². The number of aliphatic hydroxyl groups is 2. The van der Waals surface area contributed by atoms with Crippen LogP contribution in [0.2, 0.25) is 0 Å². The molecule has 2 N–H and O–H groups in total. The monoisotopic (exact) mass is 223 g/mol. The average Bonchev–Trinajstić information content (AvgIpc) is 2.29. The standard InChI is InChI=1S/C13H21NO2/c1-3-6-14(7-8-15)13-5-4-12(10-16)9-11(13)2/h4-5,9,15-16H,3,6-8,10H2,1-2H3. The quantitative estimate of drug-likeness (QED) is 0.771. The highest BCUT2D eigenvalue weighted by Gasteiger charge is 2.08. The Balaban J connectivity index is 2.90. The molecule has 0 radical (unpaired) electrons. The number of hydrogen-bond donors (Lipinski definition) is 2. The van der Waals surface area contributed by atoms with Crippen molar-refractivity contribution in [3.8, 4) is 0 Å². The fourth-order valence-corrected chi connectivity index (χ4v) is 1.91. The molecule has 3 nitrogen and oxygen atoms in total. The maximum Gasteiger partial charge on any atom is 0.0681 e. The third-order valence-corrected chi connectivity index (χ3v) is 2.65. The number of anilines is 1. The summed E-state index contributed by atoms with van der Waals surface area (Å²) in [5.74, 6) is 0. The maximum atomic E-state index is 9.04. The van der Waals surface area contributed by atoms with Gasteiger partial charge in [-0.3, -0.25) is 0 Å². The van der Waals surface area contributed by atoms with Gasteiger partial charge in [-0.05, 0) is 30.5 Å². The largest absolute Gasteiger partial charge is 0.395 e. The second kappa shape index (κ2) is 6.51. The topological polar surface area (TPSA) is 43.7 Å². The van der Waals surface area contributed by atoms with Crippen LogP contribution < -0.4 is 4.90 Å². The Bertz CT molecular complexity index is 320. The predicted octanol–water partition coefficient (Wildman–Crippen LogP) is 1.70. The Labute approximate surface area is 97.3 Å². The highest BCUT2D eigenvalue weighted by Crippen LogP contribution is 2.21. The number of nitrogens with zero attached hydrogens (tertiary/aromatic N) is 1. The van der Waals surface area contributed by atoms with Crippen LogP contribution in [0.15, 0.2) is 18.2 Å². The van der Waals surface area contributed by atoms with Gasteiger partial charge in [-0.1, -0.05) is 19.1 Å². The normalized spacial score (nSPS) is 10.5. The van der Waals surface area contributed by atoms with Gasteiger partial charge < -0.3 is 15.1 Å². The number of aryl methyl sites for hydroxylation is 1. The minimum atomic E-state index is 0.0783. The Kier molecular flexibility index (Phi) is 5.29. The lowest BCUT2D eigenvalue weighted by Crippen LogP contribution is -2.28. The molecule has 0 aromatic heterocycles. The molecule has 0 spiro atoms. The summed E-state index contributed by atoms with van der Waals surface area (Å²) in [4.78, 5) is 2.18. The summed E-state index contributed by atoms with van der Waals surface area (Å²) >= 11 is 0. The van der Waals surface area contributed by atoms with Crippen LogP contribution in [-0.4, -0.2) is 29.9 Å². The molecule has 3 heteroatoms. The van der Waals surface area contributed by atoms with Gasteiger partial charge in [-0.2, -0.15) is 0 Å². The lowest BCUT2D eigenvalue weighted by atomic mass is 10.1. The summed E-state index contributed by atoms with van der Waals surface area (Å²) in [7, 11) is 0. The van der Waals surface area contributed by atoms with Crippen molar-refractivity contribution < 1.29 is 10.2 Å². The molecule has 0 saturated heterocycles. The van der Waals surface area contributed by atoms with E-state index in [4.69, 9.17) is 10.2 Å². The molecule has 1 aromatic carbocycles. The minimum absolute atomic E-state index is 0.0783. The van der Waals surface area contributed by atoms with Crippen LogP contribution in [-0.2, 0) is 6.61 Å². The van der Waals surface area contributed by atoms with Gasteiger partial charge in [-0.15, -0.1) is 0 Å². The molecule has 0 aliphatic heterocycles. The summed E-state index contributed by atoms with van der Waals surface area (Å²) in [6, 6.07) is 5.95. The highest BCUT2D eigenvalue weighted by molar-refractivity contribution is 5.54. The summed E-state index contributed by atoms with van der Waals surface area (Å²) in [5, 5.41) is 18.1. The summed E-state index contributed by atoms with van der Waals surface area (Å²) < 4.78 is 0. The molecule has 1 aromatic rings. The second-order valence-electron chi connectivity index (χ2n) is 3.99. The van der Waals surface area contributed by atoms with Crippen LogP contribution in [0.5, 0.6) is 0 Å². The molecule has 0 aliphatic rings. The summed E-state index contributed by atoms with van der Waals surface area (Å²) in [6.07, 6.45) is 1.06. The maximum absolute atomic E-state index is 9.04.